The first-order valence-corrected chi connectivity index (χ1v) is 19.2. The van der Waals surface area contributed by atoms with Crippen molar-refractivity contribution in [1.82, 2.24) is 0 Å². The molecule has 4 aliphatic rings. The van der Waals surface area contributed by atoms with Gasteiger partial charge in [0.25, 0.3) is 0 Å². The van der Waals surface area contributed by atoms with Crippen LogP contribution in [0.1, 0.15) is 99.4 Å². The quantitative estimate of drug-likeness (QED) is 0.171. The zero-order valence-corrected chi connectivity index (χ0v) is 34.4. The van der Waals surface area contributed by atoms with Gasteiger partial charge in [0.05, 0.1) is 29.4 Å². The number of fused-ring (bicyclic) bond motifs is 1. The number of hydrogen-bond acceptors (Lipinski definition) is 15. The van der Waals surface area contributed by atoms with Crippen LogP contribution in [0.5, 0.6) is 0 Å². The molecule has 0 aromatic heterocycles. The summed E-state index contributed by atoms with van der Waals surface area (Å²) in [6, 6.07) is 8.04. The van der Waals surface area contributed by atoms with Crippen LogP contribution in [0.15, 0.2) is 42.5 Å². The second-order valence-electron chi connectivity index (χ2n) is 16.8. The number of carbonyl (C=O) groups is 7. The molecule has 2 saturated carbocycles. The highest BCUT2D eigenvalue weighted by atomic mass is 16.6. The van der Waals surface area contributed by atoms with E-state index >= 15 is 0 Å². The summed E-state index contributed by atoms with van der Waals surface area (Å²) in [6.07, 6.45) is -3.23. The third kappa shape index (κ3) is 7.54. The molecule has 0 amide bonds. The van der Waals surface area contributed by atoms with Crippen LogP contribution in [0.3, 0.4) is 0 Å². The number of rotatable bonds is 11. The Morgan fingerprint density at radius 2 is 1.44 bits per heavy atom. The van der Waals surface area contributed by atoms with E-state index in [-0.39, 0.29) is 18.6 Å². The summed E-state index contributed by atoms with van der Waals surface area (Å²) < 4.78 is 50.8. The molecule has 2 bridgehead atoms. The Bertz CT molecular complexity index is 1820. The molecule has 15 heteroatoms. The van der Waals surface area contributed by atoms with Crippen molar-refractivity contribution in [2.45, 2.75) is 136 Å². The summed E-state index contributed by atoms with van der Waals surface area (Å²) in [5.41, 5.74) is -8.62. The van der Waals surface area contributed by atoms with Crippen LogP contribution in [-0.4, -0.2) is 95.2 Å². The van der Waals surface area contributed by atoms with Crippen molar-refractivity contribution in [2.24, 2.45) is 29.1 Å². The van der Waals surface area contributed by atoms with Crippen LogP contribution in [0.2, 0.25) is 0 Å². The molecule has 0 unspecified atom stereocenters. The van der Waals surface area contributed by atoms with Gasteiger partial charge in [-0.25, -0.2) is 4.79 Å². The predicted octanol–water partition coefficient (Wildman–Crippen LogP) is 4.61. The van der Waals surface area contributed by atoms with Gasteiger partial charge in [-0.1, -0.05) is 45.0 Å². The largest absolute Gasteiger partial charge is 0.461 e. The lowest BCUT2D eigenvalue weighted by molar-refractivity contribution is -0.239. The van der Waals surface area contributed by atoms with Gasteiger partial charge in [-0.15, -0.1) is 0 Å². The zero-order chi connectivity index (χ0) is 42.5. The monoisotopic (exact) mass is 798 g/mol. The van der Waals surface area contributed by atoms with Gasteiger partial charge >= 0.3 is 41.8 Å². The van der Waals surface area contributed by atoms with Gasteiger partial charge in [0.2, 0.25) is 0 Å². The third-order valence-corrected chi connectivity index (χ3v) is 11.9. The van der Waals surface area contributed by atoms with Crippen molar-refractivity contribution < 1.29 is 71.5 Å². The highest BCUT2D eigenvalue weighted by molar-refractivity contribution is 5.89. The van der Waals surface area contributed by atoms with Crippen molar-refractivity contribution >= 4 is 41.8 Å². The van der Waals surface area contributed by atoms with Crippen molar-refractivity contribution in [2.75, 3.05) is 6.61 Å². The minimum absolute atomic E-state index is 0.125. The van der Waals surface area contributed by atoms with Crippen molar-refractivity contribution in [1.29, 1.82) is 0 Å². The maximum atomic E-state index is 14.4. The zero-order valence-electron chi connectivity index (χ0n) is 34.4. The second kappa shape index (κ2) is 15.5. The molecular weight excluding hydrogens is 744 g/mol. The minimum Gasteiger partial charge on any atom is -0.461 e. The molecular formula is C42H54O15. The average Bonchev–Trinajstić information content (AvgIpc) is 3.52. The summed E-state index contributed by atoms with van der Waals surface area (Å²) in [5, 5.41) is 0. The number of ether oxygens (including phenoxy) is 8. The lowest BCUT2D eigenvalue weighted by Crippen LogP contribution is -2.64. The fourth-order valence-corrected chi connectivity index (χ4v) is 10.0. The van der Waals surface area contributed by atoms with Crippen LogP contribution in [0.25, 0.3) is 0 Å². The molecule has 0 spiro atoms. The van der Waals surface area contributed by atoms with Crippen LogP contribution >= 0.6 is 0 Å². The first kappa shape index (κ1) is 43.3. The van der Waals surface area contributed by atoms with Gasteiger partial charge in [0.1, 0.15) is 23.4 Å². The summed E-state index contributed by atoms with van der Waals surface area (Å²) in [7, 11) is 0. The van der Waals surface area contributed by atoms with E-state index < -0.39 is 124 Å². The molecule has 11 atom stereocenters. The van der Waals surface area contributed by atoms with Crippen LogP contribution < -0.4 is 0 Å². The molecule has 5 rings (SSSR count). The topological polar surface area (TPSA) is 193 Å². The molecule has 57 heavy (non-hydrogen) atoms. The van der Waals surface area contributed by atoms with E-state index in [9.17, 15) is 33.6 Å². The fraction of sp³-hybridized carbons (Fsp3) is 0.643. The number of esters is 7. The lowest BCUT2D eigenvalue weighted by Gasteiger charge is -2.53. The summed E-state index contributed by atoms with van der Waals surface area (Å²) in [4.78, 5) is 94.3. The third-order valence-electron chi connectivity index (χ3n) is 11.9. The minimum atomic E-state index is -2.16. The molecule has 0 N–H and O–H groups in total. The molecule has 1 aromatic rings. The lowest BCUT2D eigenvalue weighted by atomic mass is 9.53. The molecule has 3 aliphatic carbocycles. The van der Waals surface area contributed by atoms with E-state index in [1.54, 1.807) is 71.9 Å². The first-order chi connectivity index (χ1) is 26.5. The van der Waals surface area contributed by atoms with Crippen LogP contribution in [0, 0.1) is 29.1 Å². The Hall–Kier alpha value is -4.79. The van der Waals surface area contributed by atoms with Crippen LogP contribution in [0.4, 0.5) is 0 Å². The maximum Gasteiger partial charge on any atom is 0.338 e. The highest BCUT2D eigenvalue weighted by Crippen LogP contribution is 2.70. The molecule has 1 heterocycles. The van der Waals surface area contributed by atoms with Gasteiger partial charge in [-0.05, 0) is 45.9 Å². The van der Waals surface area contributed by atoms with E-state index in [4.69, 9.17) is 37.9 Å². The van der Waals surface area contributed by atoms with Crippen LogP contribution in [-0.2, 0) is 66.7 Å². The Balaban J connectivity index is 1.97. The SMILES string of the molecule is CCC(=O)O[C@@H]1[C@@H]2[C@@H](OC(C)=O)[C@@]34CO[C@](C)([C@@H](OC(=O)c5ccccc5)[C@@]2(OC(C)=O)C[C@@]1(C)OC(=O)C(C)C)[C@@H]3[C@@H](C(C)(C)OC(C)=O)C=C[C@H]4OC(C)=O. The molecule has 1 aliphatic heterocycles. The van der Waals surface area contributed by atoms with E-state index in [0.717, 1.165) is 13.8 Å². The maximum absolute atomic E-state index is 14.4. The average molecular weight is 799 g/mol. The standard InChI is InChI=1S/C42H54O15/c1-12-30(47)53-33-31-34(52-24(5)44)41-21-50-40(11,32(41)28(38(8,9)55-25(6)45)18-19-29(41)51-23(4)43)37(54-36(49)27-16-14-13-15-17-27)42(31,56-26(7)46)20-39(33,10)57-35(48)22(2)3/h13-19,22,28-29,31-34,37H,12,20-21H2,1-11H3/t28-,29+,31+,32-,33+,34+,37+,39+,40-,41+,42+/m0/s1. The van der Waals surface area contributed by atoms with E-state index in [2.05, 4.69) is 0 Å². The fourth-order valence-electron chi connectivity index (χ4n) is 10.0. The number of carbonyl (C=O) groups excluding carboxylic acids is 7. The van der Waals surface area contributed by atoms with E-state index in [1.165, 1.54) is 32.9 Å². The van der Waals surface area contributed by atoms with Crippen molar-refractivity contribution in [3.05, 3.63) is 48.0 Å². The number of benzene rings is 1. The molecule has 1 aromatic carbocycles. The Morgan fingerprint density at radius 3 is 1.98 bits per heavy atom. The van der Waals surface area contributed by atoms with Gasteiger partial charge < -0.3 is 37.9 Å². The molecule has 312 valence electrons. The molecule has 15 nitrogen and oxygen atoms in total. The molecule has 3 fully saturated rings. The van der Waals surface area contributed by atoms with E-state index in [0.29, 0.717) is 0 Å². The van der Waals surface area contributed by atoms with Crippen molar-refractivity contribution in [3.63, 3.8) is 0 Å². The summed E-state index contributed by atoms with van der Waals surface area (Å²) in [6.45, 7) is 15.7. The van der Waals surface area contributed by atoms with Gasteiger partial charge in [0.15, 0.2) is 23.4 Å². The molecule has 1 saturated heterocycles. The number of hydrogen-bond donors (Lipinski definition) is 0. The van der Waals surface area contributed by atoms with Crippen molar-refractivity contribution in [3.8, 4) is 0 Å². The molecule has 0 radical (unpaired) electrons. The van der Waals surface area contributed by atoms with Gasteiger partial charge in [0, 0.05) is 52.4 Å². The van der Waals surface area contributed by atoms with Gasteiger partial charge in [-0.3, -0.25) is 28.8 Å². The summed E-state index contributed by atoms with van der Waals surface area (Å²) >= 11 is 0. The Morgan fingerprint density at radius 1 is 0.807 bits per heavy atom. The Kier molecular flexibility index (Phi) is 11.8. The first-order valence-electron chi connectivity index (χ1n) is 19.2. The highest BCUT2D eigenvalue weighted by Gasteiger charge is 2.85. The van der Waals surface area contributed by atoms with E-state index in [1.807, 2.05) is 0 Å². The van der Waals surface area contributed by atoms with Gasteiger partial charge in [-0.2, -0.15) is 0 Å². The Labute approximate surface area is 332 Å². The predicted molar refractivity (Wildman–Crippen MR) is 198 cm³/mol. The smallest absolute Gasteiger partial charge is 0.338 e. The normalized spacial score (nSPS) is 35.1. The second-order valence-corrected chi connectivity index (χ2v) is 16.8. The summed E-state index contributed by atoms with van der Waals surface area (Å²) in [5.74, 6) is -9.29.